The van der Waals surface area contributed by atoms with Crippen LogP contribution in [0.3, 0.4) is 0 Å². The van der Waals surface area contributed by atoms with Gasteiger partial charge in [-0.1, -0.05) is 12.8 Å². The number of hydrogen-bond acceptors (Lipinski definition) is 6. The molecular weight excluding hydrogens is 316 g/mol. The summed E-state index contributed by atoms with van der Waals surface area (Å²) < 4.78 is 4.99. The van der Waals surface area contributed by atoms with Crippen LogP contribution < -0.4 is 10.6 Å². The Balaban J connectivity index is 1.69. The molecule has 0 spiro atoms. The van der Waals surface area contributed by atoms with Gasteiger partial charge in [-0.25, -0.2) is 9.78 Å². The molecule has 6 nitrogen and oxygen atoms in total. The van der Waals surface area contributed by atoms with Gasteiger partial charge in [0.2, 0.25) is 5.95 Å². The first-order chi connectivity index (χ1) is 12.1. The molecule has 1 fully saturated rings. The highest BCUT2D eigenvalue weighted by molar-refractivity contribution is 5.89. The highest BCUT2D eigenvalue weighted by atomic mass is 16.5. The molecule has 0 unspecified atom stereocenters. The molecule has 0 atom stereocenters. The number of ether oxygens (including phenoxy) is 1. The van der Waals surface area contributed by atoms with Gasteiger partial charge in [-0.2, -0.15) is 4.98 Å². The summed E-state index contributed by atoms with van der Waals surface area (Å²) in [4.78, 5) is 20.7. The number of nitrogens with zero attached hydrogens (tertiary/aromatic N) is 2. The second-order valence-corrected chi connectivity index (χ2v) is 6.27. The highest BCUT2D eigenvalue weighted by Gasteiger charge is 2.15. The van der Waals surface area contributed by atoms with Gasteiger partial charge in [0, 0.05) is 23.5 Å². The Labute approximate surface area is 148 Å². The van der Waals surface area contributed by atoms with Crippen molar-refractivity contribution in [3.8, 4) is 0 Å². The normalized spacial score (nSPS) is 14.3. The van der Waals surface area contributed by atoms with Crippen LogP contribution in [0.1, 0.15) is 48.7 Å². The Morgan fingerprint density at radius 3 is 2.60 bits per heavy atom. The molecule has 1 aromatic carbocycles. The Bertz CT molecular complexity index is 725. The minimum Gasteiger partial charge on any atom is -0.462 e. The lowest BCUT2D eigenvalue weighted by Gasteiger charge is -2.14. The molecule has 0 aliphatic heterocycles. The number of carbonyl (C=O) groups is 1. The lowest BCUT2D eigenvalue weighted by molar-refractivity contribution is 0.0526. The van der Waals surface area contributed by atoms with Crippen LogP contribution in [0.2, 0.25) is 0 Å². The summed E-state index contributed by atoms with van der Waals surface area (Å²) in [5.41, 5.74) is 2.26. The summed E-state index contributed by atoms with van der Waals surface area (Å²) in [6, 6.07) is 9.57. The number of rotatable bonds is 6. The van der Waals surface area contributed by atoms with Crippen molar-refractivity contribution in [2.24, 2.45) is 0 Å². The smallest absolute Gasteiger partial charge is 0.338 e. The third-order valence-corrected chi connectivity index (χ3v) is 4.21. The van der Waals surface area contributed by atoms with Crippen molar-refractivity contribution >= 4 is 23.4 Å². The molecule has 0 radical (unpaired) electrons. The quantitative estimate of drug-likeness (QED) is 0.772. The largest absolute Gasteiger partial charge is 0.462 e. The summed E-state index contributed by atoms with van der Waals surface area (Å²) in [5, 5.41) is 6.69. The number of anilines is 3. The van der Waals surface area contributed by atoms with Crippen LogP contribution >= 0.6 is 0 Å². The van der Waals surface area contributed by atoms with Gasteiger partial charge < -0.3 is 15.4 Å². The lowest BCUT2D eigenvalue weighted by atomic mass is 10.2. The van der Waals surface area contributed by atoms with E-state index in [9.17, 15) is 4.79 Å². The van der Waals surface area contributed by atoms with Crippen LogP contribution in [0.25, 0.3) is 0 Å². The Morgan fingerprint density at radius 2 is 1.92 bits per heavy atom. The van der Waals surface area contributed by atoms with E-state index >= 15 is 0 Å². The van der Waals surface area contributed by atoms with Crippen molar-refractivity contribution in [3.05, 3.63) is 41.6 Å². The van der Waals surface area contributed by atoms with Crippen molar-refractivity contribution < 1.29 is 9.53 Å². The zero-order valence-electron chi connectivity index (χ0n) is 14.7. The molecule has 6 heteroatoms. The molecular formula is C19H24N4O2. The maximum atomic E-state index is 11.7. The van der Waals surface area contributed by atoms with E-state index in [0.717, 1.165) is 17.2 Å². The van der Waals surface area contributed by atoms with E-state index in [1.54, 1.807) is 19.1 Å². The van der Waals surface area contributed by atoms with E-state index in [-0.39, 0.29) is 5.97 Å². The summed E-state index contributed by atoms with van der Waals surface area (Å²) >= 11 is 0. The molecule has 1 aliphatic rings. The average Bonchev–Trinajstić information content (AvgIpc) is 3.08. The number of aryl methyl sites for hydroxylation is 1. The molecule has 0 amide bonds. The third-order valence-electron chi connectivity index (χ3n) is 4.21. The van der Waals surface area contributed by atoms with E-state index in [2.05, 4.69) is 20.6 Å². The van der Waals surface area contributed by atoms with Gasteiger partial charge in [-0.15, -0.1) is 0 Å². The third kappa shape index (κ3) is 4.68. The first-order valence-electron chi connectivity index (χ1n) is 8.80. The second-order valence-electron chi connectivity index (χ2n) is 6.27. The maximum absolute atomic E-state index is 11.7. The van der Waals surface area contributed by atoms with E-state index in [4.69, 9.17) is 4.74 Å². The van der Waals surface area contributed by atoms with E-state index in [1.807, 2.05) is 25.1 Å². The molecule has 1 aromatic heterocycles. The molecule has 1 heterocycles. The molecule has 2 aromatic rings. The van der Waals surface area contributed by atoms with E-state index in [1.165, 1.54) is 25.7 Å². The zero-order chi connectivity index (χ0) is 17.6. The summed E-state index contributed by atoms with van der Waals surface area (Å²) in [5.74, 6) is 1.08. The van der Waals surface area contributed by atoms with Crippen LogP contribution in [-0.4, -0.2) is 28.6 Å². The molecule has 132 valence electrons. The molecule has 1 aliphatic carbocycles. The SMILES string of the molecule is CCOC(=O)c1ccc(Nc2nc(C)cc(NC3CCCC3)n2)cc1. The Hall–Kier alpha value is -2.63. The average molecular weight is 340 g/mol. The molecule has 3 rings (SSSR count). The standard InChI is InChI=1S/C19H24N4O2/c1-3-25-18(24)14-8-10-16(11-9-14)22-19-20-13(2)12-17(23-19)21-15-6-4-5-7-15/h8-12,15H,3-7H2,1-2H3,(H2,20,21,22,23). The maximum Gasteiger partial charge on any atom is 0.338 e. The van der Waals surface area contributed by atoms with Gasteiger partial charge in [-0.05, 0) is 51.0 Å². The summed E-state index contributed by atoms with van der Waals surface area (Å²) in [6.45, 7) is 4.11. The first-order valence-corrected chi connectivity index (χ1v) is 8.80. The monoisotopic (exact) mass is 340 g/mol. The molecule has 2 N–H and O–H groups in total. The zero-order valence-corrected chi connectivity index (χ0v) is 14.7. The van der Waals surface area contributed by atoms with Crippen LogP contribution in [0.4, 0.5) is 17.5 Å². The predicted molar refractivity (Wildman–Crippen MR) is 98.3 cm³/mol. The molecule has 1 saturated carbocycles. The number of benzene rings is 1. The van der Waals surface area contributed by atoms with E-state index in [0.29, 0.717) is 24.2 Å². The van der Waals surface area contributed by atoms with Crippen LogP contribution in [0, 0.1) is 6.92 Å². The van der Waals surface area contributed by atoms with Crippen LogP contribution in [-0.2, 0) is 4.74 Å². The van der Waals surface area contributed by atoms with Gasteiger partial charge in [0.05, 0.1) is 12.2 Å². The molecule has 25 heavy (non-hydrogen) atoms. The number of nitrogens with one attached hydrogen (secondary N) is 2. The minimum absolute atomic E-state index is 0.316. The van der Waals surface area contributed by atoms with Gasteiger partial charge in [0.15, 0.2) is 0 Å². The highest BCUT2D eigenvalue weighted by Crippen LogP contribution is 2.23. The summed E-state index contributed by atoms with van der Waals surface area (Å²) in [7, 11) is 0. The summed E-state index contributed by atoms with van der Waals surface area (Å²) in [6.07, 6.45) is 4.95. The second kappa shape index (κ2) is 7.96. The van der Waals surface area contributed by atoms with Gasteiger partial charge in [-0.3, -0.25) is 0 Å². The topological polar surface area (TPSA) is 76.1 Å². The number of carbonyl (C=O) groups excluding carboxylic acids is 1. The number of hydrogen-bond donors (Lipinski definition) is 2. The fourth-order valence-corrected chi connectivity index (χ4v) is 3.01. The van der Waals surface area contributed by atoms with Crippen LogP contribution in [0.15, 0.2) is 30.3 Å². The van der Waals surface area contributed by atoms with Gasteiger partial charge in [0.25, 0.3) is 0 Å². The van der Waals surface area contributed by atoms with Crippen LogP contribution in [0.5, 0.6) is 0 Å². The fourth-order valence-electron chi connectivity index (χ4n) is 3.01. The molecule has 0 bridgehead atoms. The van der Waals surface area contributed by atoms with Crippen molar-refractivity contribution in [3.63, 3.8) is 0 Å². The van der Waals surface area contributed by atoms with E-state index < -0.39 is 0 Å². The fraction of sp³-hybridized carbons (Fsp3) is 0.421. The van der Waals surface area contributed by atoms with Crippen molar-refractivity contribution in [2.45, 2.75) is 45.6 Å². The van der Waals surface area contributed by atoms with Crippen molar-refractivity contribution in [1.29, 1.82) is 0 Å². The van der Waals surface area contributed by atoms with Gasteiger partial charge in [0.1, 0.15) is 5.82 Å². The number of esters is 1. The minimum atomic E-state index is -0.316. The first kappa shape index (κ1) is 17.2. The van der Waals surface area contributed by atoms with Gasteiger partial charge >= 0.3 is 5.97 Å². The predicted octanol–water partition coefficient (Wildman–Crippen LogP) is 4.06. The van der Waals surface area contributed by atoms with Crippen molar-refractivity contribution in [1.82, 2.24) is 9.97 Å². The van der Waals surface area contributed by atoms with Crippen molar-refractivity contribution in [2.75, 3.05) is 17.2 Å². The lowest BCUT2D eigenvalue weighted by Crippen LogP contribution is -2.16. The Morgan fingerprint density at radius 1 is 1.20 bits per heavy atom. The number of aromatic nitrogens is 2. The molecule has 0 saturated heterocycles. The Kier molecular flexibility index (Phi) is 5.48.